The summed E-state index contributed by atoms with van der Waals surface area (Å²) >= 11 is 1.35. The van der Waals surface area contributed by atoms with E-state index in [1.165, 1.54) is 11.3 Å². The molecule has 3 aromatic rings. The molecule has 0 amide bonds. The maximum atomic E-state index is 12.3. The first-order valence-corrected chi connectivity index (χ1v) is 9.25. The largest absolute Gasteiger partial charge is 0.490 e. The summed E-state index contributed by atoms with van der Waals surface area (Å²) in [6, 6.07) is 15.8. The van der Waals surface area contributed by atoms with Crippen LogP contribution in [0.4, 0.5) is 0 Å². The van der Waals surface area contributed by atoms with Crippen molar-refractivity contribution in [3.8, 4) is 16.3 Å². The Morgan fingerprint density at radius 1 is 1.00 bits per heavy atom. The normalized spacial score (nSPS) is 10.6. The van der Waals surface area contributed by atoms with E-state index in [1.807, 2.05) is 63.2 Å². The average Bonchev–Trinajstić information content (AvgIpc) is 3.00. The van der Waals surface area contributed by atoms with Crippen LogP contribution in [0.3, 0.4) is 0 Å². The van der Waals surface area contributed by atoms with Crippen molar-refractivity contribution in [2.75, 3.05) is 13.2 Å². The van der Waals surface area contributed by atoms with E-state index in [4.69, 9.17) is 9.47 Å². The van der Waals surface area contributed by atoms with Crippen LogP contribution in [-0.2, 0) is 4.74 Å². The molecule has 2 aromatic carbocycles. The minimum atomic E-state index is -0.355. The fraction of sp³-hybridized carbons (Fsp3) is 0.238. The van der Waals surface area contributed by atoms with Gasteiger partial charge in [-0.2, -0.15) is 0 Å². The number of rotatable bonds is 6. The molecule has 0 spiro atoms. The van der Waals surface area contributed by atoms with Crippen molar-refractivity contribution in [3.63, 3.8) is 0 Å². The molecule has 0 N–H and O–H groups in total. The van der Waals surface area contributed by atoms with Crippen molar-refractivity contribution in [2.45, 2.75) is 20.8 Å². The maximum Gasteiger partial charge on any atom is 0.350 e. The zero-order chi connectivity index (χ0) is 18.5. The third-order valence-corrected chi connectivity index (χ3v) is 4.97. The van der Waals surface area contributed by atoms with Crippen LogP contribution in [0, 0.1) is 20.8 Å². The second kappa shape index (κ2) is 8.15. The number of hydrogen-bond donors (Lipinski definition) is 0. The Labute approximate surface area is 157 Å². The molecule has 134 valence electrons. The first-order valence-electron chi connectivity index (χ1n) is 8.44. The Balaban J connectivity index is 1.56. The van der Waals surface area contributed by atoms with Crippen LogP contribution in [-0.4, -0.2) is 24.2 Å². The Hall–Kier alpha value is -2.66. The zero-order valence-electron chi connectivity index (χ0n) is 15.1. The fourth-order valence-corrected chi connectivity index (χ4v) is 3.63. The minimum absolute atomic E-state index is 0.198. The van der Waals surface area contributed by atoms with E-state index in [-0.39, 0.29) is 12.6 Å². The monoisotopic (exact) mass is 367 g/mol. The van der Waals surface area contributed by atoms with Gasteiger partial charge in [0.2, 0.25) is 0 Å². The standard InChI is InChI=1S/C21H21NO3S/c1-14-11-15(2)13-18(12-14)24-9-10-25-21(23)19-16(3)22-20(26-19)17-7-5-4-6-8-17/h4-8,11-13H,9-10H2,1-3H3. The van der Waals surface area contributed by atoms with Gasteiger partial charge in [0.25, 0.3) is 0 Å². The molecule has 1 heterocycles. The summed E-state index contributed by atoms with van der Waals surface area (Å²) in [5, 5.41) is 0.821. The van der Waals surface area contributed by atoms with Crippen LogP contribution < -0.4 is 4.74 Å². The number of aromatic nitrogens is 1. The van der Waals surface area contributed by atoms with Crippen LogP contribution in [0.15, 0.2) is 48.5 Å². The first kappa shape index (κ1) is 18.1. The van der Waals surface area contributed by atoms with E-state index >= 15 is 0 Å². The van der Waals surface area contributed by atoms with Crippen molar-refractivity contribution in [3.05, 3.63) is 70.2 Å². The number of carbonyl (C=O) groups is 1. The Bertz CT molecular complexity index is 883. The van der Waals surface area contributed by atoms with Gasteiger partial charge in [-0.05, 0) is 44.0 Å². The lowest BCUT2D eigenvalue weighted by molar-refractivity contribution is 0.0455. The van der Waals surface area contributed by atoms with Crippen LogP contribution in [0.5, 0.6) is 5.75 Å². The second-order valence-electron chi connectivity index (χ2n) is 6.11. The molecule has 3 rings (SSSR count). The summed E-state index contributed by atoms with van der Waals surface area (Å²) in [5.41, 5.74) is 3.98. The summed E-state index contributed by atoms with van der Waals surface area (Å²) in [7, 11) is 0. The van der Waals surface area contributed by atoms with Crippen LogP contribution in [0.2, 0.25) is 0 Å². The predicted molar refractivity (Wildman–Crippen MR) is 104 cm³/mol. The highest BCUT2D eigenvalue weighted by molar-refractivity contribution is 7.17. The van der Waals surface area contributed by atoms with Crippen LogP contribution in [0.1, 0.15) is 26.5 Å². The van der Waals surface area contributed by atoms with E-state index in [0.29, 0.717) is 17.2 Å². The van der Waals surface area contributed by atoms with Crippen molar-refractivity contribution < 1.29 is 14.3 Å². The van der Waals surface area contributed by atoms with E-state index < -0.39 is 0 Å². The minimum Gasteiger partial charge on any atom is -0.490 e. The molecular weight excluding hydrogens is 346 g/mol. The van der Waals surface area contributed by atoms with Gasteiger partial charge in [-0.15, -0.1) is 11.3 Å². The van der Waals surface area contributed by atoms with Crippen molar-refractivity contribution in [2.24, 2.45) is 0 Å². The lowest BCUT2D eigenvalue weighted by Crippen LogP contribution is -2.12. The predicted octanol–water partition coefficient (Wildman–Crippen LogP) is 4.97. The van der Waals surface area contributed by atoms with Gasteiger partial charge in [0.15, 0.2) is 0 Å². The van der Waals surface area contributed by atoms with Crippen LogP contribution >= 0.6 is 11.3 Å². The molecule has 1 aromatic heterocycles. The molecule has 0 bridgehead atoms. The fourth-order valence-electron chi connectivity index (χ4n) is 2.67. The van der Waals surface area contributed by atoms with E-state index in [2.05, 4.69) is 11.1 Å². The molecule has 5 heteroatoms. The average molecular weight is 367 g/mol. The van der Waals surface area contributed by atoms with Gasteiger partial charge in [-0.3, -0.25) is 0 Å². The molecule has 0 saturated heterocycles. The van der Waals surface area contributed by atoms with Gasteiger partial charge >= 0.3 is 5.97 Å². The van der Waals surface area contributed by atoms with E-state index in [9.17, 15) is 4.79 Å². The molecule has 26 heavy (non-hydrogen) atoms. The smallest absolute Gasteiger partial charge is 0.350 e. The summed E-state index contributed by atoms with van der Waals surface area (Å²) in [6.07, 6.45) is 0. The molecule has 0 fully saturated rings. The first-order chi connectivity index (χ1) is 12.5. The third kappa shape index (κ3) is 4.49. The second-order valence-corrected chi connectivity index (χ2v) is 7.11. The molecule has 0 aliphatic heterocycles. The highest BCUT2D eigenvalue weighted by Crippen LogP contribution is 2.28. The van der Waals surface area contributed by atoms with E-state index in [1.54, 1.807) is 0 Å². The number of benzene rings is 2. The zero-order valence-corrected chi connectivity index (χ0v) is 15.9. The van der Waals surface area contributed by atoms with Crippen LogP contribution in [0.25, 0.3) is 10.6 Å². The molecule has 0 aliphatic carbocycles. The van der Waals surface area contributed by atoms with Gasteiger partial charge in [0, 0.05) is 5.56 Å². The SMILES string of the molecule is Cc1cc(C)cc(OCCOC(=O)c2sc(-c3ccccc3)nc2C)c1. The number of aryl methyl sites for hydroxylation is 3. The molecular formula is C21H21NO3S. The molecule has 0 saturated carbocycles. The number of thiazole rings is 1. The molecule has 4 nitrogen and oxygen atoms in total. The summed E-state index contributed by atoms with van der Waals surface area (Å²) in [5.74, 6) is 0.435. The Kier molecular flexibility index (Phi) is 5.68. The lowest BCUT2D eigenvalue weighted by atomic mass is 10.1. The van der Waals surface area contributed by atoms with Crippen molar-refractivity contribution in [1.82, 2.24) is 4.98 Å². The molecule has 0 atom stereocenters. The number of hydrogen-bond acceptors (Lipinski definition) is 5. The number of esters is 1. The third-order valence-electron chi connectivity index (χ3n) is 3.78. The summed E-state index contributed by atoms with van der Waals surface area (Å²) in [6.45, 7) is 6.39. The summed E-state index contributed by atoms with van der Waals surface area (Å²) in [4.78, 5) is 17.3. The number of ether oxygens (including phenoxy) is 2. The van der Waals surface area contributed by atoms with E-state index in [0.717, 1.165) is 27.4 Å². The maximum absolute atomic E-state index is 12.3. The topological polar surface area (TPSA) is 48.4 Å². The Morgan fingerprint density at radius 2 is 1.69 bits per heavy atom. The number of nitrogens with zero attached hydrogens (tertiary/aromatic N) is 1. The molecule has 0 radical (unpaired) electrons. The molecule has 0 unspecified atom stereocenters. The quantitative estimate of drug-likeness (QED) is 0.456. The highest BCUT2D eigenvalue weighted by Gasteiger charge is 2.17. The van der Waals surface area contributed by atoms with Crippen molar-refractivity contribution >= 4 is 17.3 Å². The van der Waals surface area contributed by atoms with Gasteiger partial charge < -0.3 is 9.47 Å². The summed E-state index contributed by atoms with van der Waals surface area (Å²) < 4.78 is 11.0. The van der Waals surface area contributed by atoms with Gasteiger partial charge in [-0.25, -0.2) is 9.78 Å². The Morgan fingerprint density at radius 3 is 2.38 bits per heavy atom. The van der Waals surface area contributed by atoms with Gasteiger partial charge in [0.1, 0.15) is 28.8 Å². The van der Waals surface area contributed by atoms with Gasteiger partial charge in [0.05, 0.1) is 5.69 Å². The highest BCUT2D eigenvalue weighted by atomic mass is 32.1. The van der Waals surface area contributed by atoms with Crippen molar-refractivity contribution in [1.29, 1.82) is 0 Å². The lowest BCUT2D eigenvalue weighted by Gasteiger charge is -2.08. The van der Waals surface area contributed by atoms with Gasteiger partial charge in [-0.1, -0.05) is 36.4 Å². The molecule has 0 aliphatic rings. The number of carbonyl (C=O) groups excluding carboxylic acids is 1.